The molecule has 21 heavy (non-hydrogen) atoms. The molecule has 0 aliphatic heterocycles. The minimum atomic E-state index is -0.391. The molecule has 0 fully saturated rings. The Kier molecular flexibility index (Phi) is 6.80. The molecule has 0 spiro atoms. The molecule has 0 aromatic heterocycles. The first-order valence-electron chi connectivity index (χ1n) is 7.31. The third-order valence-electron chi connectivity index (χ3n) is 3.44. The van der Waals surface area contributed by atoms with Crippen molar-refractivity contribution in [3.63, 3.8) is 0 Å². The van der Waals surface area contributed by atoms with E-state index in [4.69, 9.17) is 0 Å². The molecule has 0 bridgehead atoms. The van der Waals surface area contributed by atoms with Gasteiger partial charge in [-0.3, -0.25) is 0 Å². The topological polar surface area (TPSA) is 40.5 Å². The molecule has 0 saturated heterocycles. The summed E-state index contributed by atoms with van der Waals surface area (Å²) in [6, 6.07) is 19.5. The van der Waals surface area contributed by atoms with Crippen LogP contribution in [-0.2, 0) is 0 Å². The summed E-state index contributed by atoms with van der Waals surface area (Å²) in [4.78, 5) is 0. The van der Waals surface area contributed by atoms with Crippen molar-refractivity contribution in [2.45, 2.75) is 25.0 Å². The van der Waals surface area contributed by atoms with Crippen LogP contribution in [0.2, 0.25) is 0 Å². The SMILES string of the molecule is OC(CCSCCC(O)c1ccccc1)c1ccccc1. The Hall–Kier alpha value is -1.29. The van der Waals surface area contributed by atoms with E-state index in [0.29, 0.717) is 0 Å². The fourth-order valence-electron chi connectivity index (χ4n) is 2.18. The largest absolute Gasteiger partial charge is 0.388 e. The summed E-state index contributed by atoms with van der Waals surface area (Å²) in [6.07, 6.45) is 0.710. The zero-order valence-electron chi connectivity index (χ0n) is 12.1. The van der Waals surface area contributed by atoms with Gasteiger partial charge >= 0.3 is 0 Å². The minimum Gasteiger partial charge on any atom is -0.388 e. The molecule has 0 radical (unpaired) electrons. The maximum Gasteiger partial charge on any atom is 0.0797 e. The van der Waals surface area contributed by atoms with Gasteiger partial charge in [-0.05, 0) is 35.5 Å². The molecule has 0 aliphatic rings. The van der Waals surface area contributed by atoms with Crippen molar-refractivity contribution < 1.29 is 10.2 Å². The number of aliphatic hydroxyl groups is 2. The number of hydrogen-bond acceptors (Lipinski definition) is 3. The number of hydrogen-bond donors (Lipinski definition) is 2. The van der Waals surface area contributed by atoms with Gasteiger partial charge in [-0.15, -0.1) is 0 Å². The molecule has 2 N–H and O–H groups in total. The highest BCUT2D eigenvalue weighted by Crippen LogP contribution is 2.22. The summed E-state index contributed by atoms with van der Waals surface area (Å²) >= 11 is 1.78. The van der Waals surface area contributed by atoms with Crippen LogP contribution in [0.3, 0.4) is 0 Å². The van der Waals surface area contributed by atoms with Gasteiger partial charge in [-0.25, -0.2) is 0 Å². The summed E-state index contributed by atoms with van der Waals surface area (Å²) in [5.74, 6) is 1.80. The summed E-state index contributed by atoms with van der Waals surface area (Å²) in [7, 11) is 0. The quantitative estimate of drug-likeness (QED) is 0.725. The standard InChI is InChI=1S/C18H22O2S/c19-17(15-7-3-1-4-8-15)11-13-21-14-12-18(20)16-9-5-2-6-10-16/h1-10,17-20H,11-14H2. The molecule has 0 heterocycles. The van der Waals surface area contributed by atoms with Gasteiger partial charge in [-0.2, -0.15) is 11.8 Å². The summed E-state index contributed by atoms with van der Waals surface area (Å²) in [6.45, 7) is 0. The lowest BCUT2D eigenvalue weighted by Gasteiger charge is -2.12. The van der Waals surface area contributed by atoms with E-state index in [2.05, 4.69) is 0 Å². The normalized spacial score (nSPS) is 13.8. The molecule has 2 unspecified atom stereocenters. The first-order chi connectivity index (χ1) is 10.3. The van der Waals surface area contributed by atoms with Gasteiger partial charge in [0.25, 0.3) is 0 Å². The first kappa shape index (κ1) is 16.1. The molecule has 2 aromatic rings. The maximum absolute atomic E-state index is 10.0. The molecule has 2 atom stereocenters. The van der Waals surface area contributed by atoms with Crippen LogP contribution in [0.4, 0.5) is 0 Å². The Balaban J connectivity index is 1.62. The summed E-state index contributed by atoms with van der Waals surface area (Å²) in [5, 5.41) is 20.1. The zero-order valence-corrected chi connectivity index (χ0v) is 12.9. The van der Waals surface area contributed by atoms with Crippen molar-refractivity contribution in [1.29, 1.82) is 0 Å². The molecular formula is C18H22O2S. The van der Waals surface area contributed by atoms with Crippen molar-refractivity contribution in [2.75, 3.05) is 11.5 Å². The second-order valence-corrected chi connectivity index (χ2v) is 6.27. The predicted molar refractivity (Wildman–Crippen MR) is 89.4 cm³/mol. The number of rotatable bonds is 8. The predicted octanol–water partition coefficient (Wildman–Crippen LogP) is 3.97. The monoisotopic (exact) mass is 302 g/mol. The fourth-order valence-corrected chi connectivity index (χ4v) is 3.16. The van der Waals surface area contributed by atoms with Gasteiger partial charge in [0.05, 0.1) is 12.2 Å². The molecule has 0 aliphatic carbocycles. The van der Waals surface area contributed by atoms with Crippen LogP contribution in [0.25, 0.3) is 0 Å². The maximum atomic E-state index is 10.0. The lowest BCUT2D eigenvalue weighted by atomic mass is 10.1. The molecule has 0 saturated carbocycles. The van der Waals surface area contributed by atoms with E-state index < -0.39 is 12.2 Å². The van der Waals surface area contributed by atoms with Crippen LogP contribution in [0, 0.1) is 0 Å². The number of benzene rings is 2. The van der Waals surface area contributed by atoms with E-state index in [0.717, 1.165) is 35.5 Å². The Morgan fingerprint density at radius 1 is 0.667 bits per heavy atom. The van der Waals surface area contributed by atoms with E-state index in [1.807, 2.05) is 60.7 Å². The van der Waals surface area contributed by atoms with Crippen LogP contribution < -0.4 is 0 Å². The van der Waals surface area contributed by atoms with Crippen LogP contribution in [-0.4, -0.2) is 21.7 Å². The van der Waals surface area contributed by atoms with Crippen LogP contribution in [0.1, 0.15) is 36.2 Å². The smallest absolute Gasteiger partial charge is 0.0797 e. The summed E-state index contributed by atoms with van der Waals surface area (Å²) < 4.78 is 0. The second-order valence-electron chi connectivity index (χ2n) is 5.04. The fraction of sp³-hybridized carbons (Fsp3) is 0.333. The molecular weight excluding hydrogens is 280 g/mol. The average Bonchev–Trinajstić information content (AvgIpc) is 2.55. The van der Waals surface area contributed by atoms with Crippen molar-refractivity contribution >= 4 is 11.8 Å². The van der Waals surface area contributed by atoms with Crippen LogP contribution in [0.15, 0.2) is 60.7 Å². The summed E-state index contributed by atoms with van der Waals surface area (Å²) in [5.41, 5.74) is 1.95. The average molecular weight is 302 g/mol. The third kappa shape index (κ3) is 5.54. The molecule has 112 valence electrons. The Bertz CT molecular complexity index is 454. The molecule has 3 heteroatoms. The van der Waals surface area contributed by atoms with E-state index >= 15 is 0 Å². The Morgan fingerprint density at radius 3 is 1.43 bits per heavy atom. The number of thioether (sulfide) groups is 1. The van der Waals surface area contributed by atoms with Crippen molar-refractivity contribution in [3.05, 3.63) is 71.8 Å². The van der Waals surface area contributed by atoms with Gasteiger partial charge in [0.2, 0.25) is 0 Å². The lowest BCUT2D eigenvalue weighted by molar-refractivity contribution is 0.174. The van der Waals surface area contributed by atoms with Crippen LogP contribution >= 0.6 is 11.8 Å². The lowest BCUT2D eigenvalue weighted by Crippen LogP contribution is -2.01. The molecule has 2 aromatic carbocycles. The van der Waals surface area contributed by atoms with Gasteiger partial charge in [0, 0.05) is 0 Å². The number of aliphatic hydroxyl groups excluding tert-OH is 2. The third-order valence-corrected chi connectivity index (χ3v) is 4.49. The van der Waals surface area contributed by atoms with E-state index in [-0.39, 0.29) is 0 Å². The van der Waals surface area contributed by atoms with Crippen molar-refractivity contribution in [3.8, 4) is 0 Å². The minimum absolute atomic E-state index is 0.391. The zero-order chi connectivity index (χ0) is 14.9. The van der Waals surface area contributed by atoms with E-state index in [9.17, 15) is 10.2 Å². The first-order valence-corrected chi connectivity index (χ1v) is 8.46. The Labute approximate surface area is 130 Å². The highest BCUT2D eigenvalue weighted by Gasteiger charge is 2.08. The van der Waals surface area contributed by atoms with E-state index in [1.54, 1.807) is 11.8 Å². The van der Waals surface area contributed by atoms with Gasteiger partial charge < -0.3 is 10.2 Å². The second kappa shape index (κ2) is 8.88. The van der Waals surface area contributed by atoms with Gasteiger partial charge in [0.1, 0.15) is 0 Å². The van der Waals surface area contributed by atoms with E-state index in [1.165, 1.54) is 0 Å². The molecule has 2 rings (SSSR count). The highest BCUT2D eigenvalue weighted by atomic mass is 32.2. The molecule has 0 amide bonds. The molecule has 2 nitrogen and oxygen atoms in total. The van der Waals surface area contributed by atoms with Gasteiger partial charge in [-0.1, -0.05) is 60.7 Å². The van der Waals surface area contributed by atoms with Crippen LogP contribution in [0.5, 0.6) is 0 Å². The van der Waals surface area contributed by atoms with Crippen molar-refractivity contribution in [1.82, 2.24) is 0 Å². The Morgan fingerprint density at radius 2 is 1.05 bits per heavy atom. The van der Waals surface area contributed by atoms with Crippen molar-refractivity contribution in [2.24, 2.45) is 0 Å². The highest BCUT2D eigenvalue weighted by molar-refractivity contribution is 7.99. The van der Waals surface area contributed by atoms with Gasteiger partial charge in [0.15, 0.2) is 0 Å².